The number of H-pyrrole nitrogens is 1. The van der Waals surface area contributed by atoms with Crippen LogP contribution in [-0.2, 0) is 0 Å². The molecule has 0 bridgehead atoms. The van der Waals surface area contributed by atoms with Gasteiger partial charge in [-0.3, -0.25) is 5.10 Å². The van der Waals surface area contributed by atoms with Crippen LogP contribution in [-0.4, -0.2) is 16.8 Å². The van der Waals surface area contributed by atoms with Crippen LogP contribution >= 0.6 is 0 Å². The van der Waals surface area contributed by atoms with Crippen LogP contribution in [0.2, 0.25) is 0 Å². The number of nitrogens with two attached hydrogens (primary N) is 1. The summed E-state index contributed by atoms with van der Waals surface area (Å²) in [6, 6.07) is 13.5. The van der Waals surface area contributed by atoms with Crippen molar-refractivity contribution in [3.63, 3.8) is 0 Å². The highest BCUT2D eigenvalue weighted by atomic mass is 16.5. The molecule has 1 aliphatic rings. The molecule has 0 fully saturated rings. The maximum absolute atomic E-state index is 9.66. The van der Waals surface area contributed by atoms with Crippen molar-refractivity contribution in [1.82, 2.24) is 10.2 Å². The van der Waals surface area contributed by atoms with Crippen LogP contribution in [0.25, 0.3) is 11.3 Å². The van der Waals surface area contributed by atoms with Crippen molar-refractivity contribution in [3.05, 3.63) is 64.9 Å². The van der Waals surface area contributed by atoms with E-state index >= 15 is 0 Å². The van der Waals surface area contributed by atoms with Crippen LogP contribution in [0.1, 0.15) is 29.9 Å². The van der Waals surface area contributed by atoms with Gasteiger partial charge in [-0.2, -0.15) is 5.26 Å². The number of hydrogen-bond acceptors (Lipinski definition) is 6. The lowest BCUT2D eigenvalue weighted by molar-refractivity contribution is 0.340. The minimum Gasteiger partial charge on any atom is -0.494 e. The maximum atomic E-state index is 9.66. The van der Waals surface area contributed by atoms with Crippen molar-refractivity contribution < 1.29 is 13.9 Å². The zero-order chi connectivity index (χ0) is 19.0. The third kappa shape index (κ3) is 2.81. The fourth-order valence-corrected chi connectivity index (χ4v) is 3.24. The topological polar surface area (TPSA) is 110 Å². The molecular formula is C20H18N4O3. The molecule has 0 unspecified atom stereocenters. The Kier molecular flexibility index (Phi) is 4.09. The van der Waals surface area contributed by atoms with Gasteiger partial charge in [0.05, 0.1) is 23.8 Å². The molecule has 0 aliphatic carbocycles. The van der Waals surface area contributed by atoms with Gasteiger partial charge >= 0.3 is 0 Å². The molecule has 7 nitrogen and oxygen atoms in total. The fourth-order valence-electron chi connectivity index (χ4n) is 3.24. The summed E-state index contributed by atoms with van der Waals surface area (Å²) in [6.45, 7) is 4.39. The van der Waals surface area contributed by atoms with Crippen LogP contribution in [0.15, 0.2) is 52.3 Å². The number of benzene rings is 1. The number of nitriles is 1. The first-order valence-corrected chi connectivity index (χ1v) is 8.57. The van der Waals surface area contributed by atoms with Crippen LogP contribution in [0.3, 0.4) is 0 Å². The number of ether oxygens (including phenoxy) is 2. The van der Waals surface area contributed by atoms with Gasteiger partial charge in [-0.05, 0) is 50.2 Å². The second-order valence-corrected chi connectivity index (χ2v) is 6.15. The van der Waals surface area contributed by atoms with E-state index in [0.29, 0.717) is 23.8 Å². The molecule has 27 heavy (non-hydrogen) atoms. The van der Waals surface area contributed by atoms with E-state index in [9.17, 15) is 5.26 Å². The molecule has 1 atom stereocenters. The van der Waals surface area contributed by atoms with Crippen molar-refractivity contribution in [3.8, 4) is 29.0 Å². The van der Waals surface area contributed by atoms with Gasteiger partial charge in [0, 0.05) is 5.56 Å². The molecule has 2 aromatic heterocycles. The molecule has 7 heteroatoms. The zero-order valence-electron chi connectivity index (χ0n) is 14.9. The predicted molar refractivity (Wildman–Crippen MR) is 97.9 cm³/mol. The van der Waals surface area contributed by atoms with E-state index in [2.05, 4.69) is 16.3 Å². The average Bonchev–Trinajstić information content (AvgIpc) is 3.27. The molecule has 0 amide bonds. The molecule has 3 N–H and O–H groups in total. The Morgan fingerprint density at radius 2 is 2.04 bits per heavy atom. The molecule has 3 aromatic rings. The van der Waals surface area contributed by atoms with Crippen LogP contribution in [0.5, 0.6) is 11.6 Å². The number of aromatic nitrogens is 2. The summed E-state index contributed by atoms with van der Waals surface area (Å²) in [4.78, 5) is 0. The minimum atomic E-state index is -0.493. The number of aromatic amines is 1. The second-order valence-electron chi connectivity index (χ2n) is 6.15. The molecule has 1 aliphatic heterocycles. The monoisotopic (exact) mass is 362 g/mol. The summed E-state index contributed by atoms with van der Waals surface area (Å²) in [5, 5.41) is 16.9. The van der Waals surface area contributed by atoms with Crippen molar-refractivity contribution >= 4 is 0 Å². The number of fused-ring (bicyclic) bond motifs is 1. The average molecular weight is 362 g/mol. The Hall–Kier alpha value is -3.66. The molecule has 1 aromatic carbocycles. The smallest absolute Gasteiger partial charge is 0.244 e. The molecule has 0 saturated heterocycles. The van der Waals surface area contributed by atoms with Gasteiger partial charge in [0.25, 0.3) is 0 Å². The number of allylic oxidation sites excluding steroid dienone is 1. The summed E-state index contributed by atoms with van der Waals surface area (Å²) in [5.41, 5.74) is 8.61. The Morgan fingerprint density at radius 1 is 1.26 bits per heavy atom. The lowest BCUT2D eigenvalue weighted by Crippen LogP contribution is -2.20. The molecule has 0 radical (unpaired) electrons. The summed E-state index contributed by atoms with van der Waals surface area (Å²) < 4.78 is 16.9. The van der Waals surface area contributed by atoms with Gasteiger partial charge in [-0.1, -0.05) is 0 Å². The Labute approximate surface area is 156 Å². The number of aryl methyl sites for hydroxylation is 1. The lowest BCUT2D eigenvalue weighted by atomic mass is 9.86. The Balaban J connectivity index is 1.85. The van der Waals surface area contributed by atoms with Gasteiger partial charge in [-0.15, -0.1) is 5.10 Å². The normalized spacial score (nSPS) is 15.8. The van der Waals surface area contributed by atoms with Crippen molar-refractivity contribution in [2.24, 2.45) is 5.73 Å². The van der Waals surface area contributed by atoms with Crippen molar-refractivity contribution in [1.29, 1.82) is 5.26 Å². The first-order chi connectivity index (χ1) is 13.1. The summed E-state index contributed by atoms with van der Waals surface area (Å²) in [7, 11) is 0. The van der Waals surface area contributed by atoms with Crippen molar-refractivity contribution in [2.45, 2.75) is 19.8 Å². The highest BCUT2D eigenvalue weighted by molar-refractivity contribution is 5.70. The first kappa shape index (κ1) is 16.8. The van der Waals surface area contributed by atoms with Crippen LogP contribution in [0.4, 0.5) is 0 Å². The van der Waals surface area contributed by atoms with E-state index in [-0.39, 0.29) is 5.88 Å². The molecule has 4 rings (SSSR count). The van der Waals surface area contributed by atoms with E-state index in [1.807, 2.05) is 50.2 Å². The van der Waals surface area contributed by atoms with Gasteiger partial charge in [0.1, 0.15) is 28.9 Å². The van der Waals surface area contributed by atoms with E-state index in [1.54, 1.807) is 0 Å². The zero-order valence-corrected chi connectivity index (χ0v) is 14.9. The van der Waals surface area contributed by atoms with Gasteiger partial charge in [0.15, 0.2) is 0 Å². The molecule has 0 saturated carbocycles. The first-order valence-electron chi connectivity index (χ1n) is 8.57. The predicted octanol–water partition coefficient (Wildman–Crippen LogP) is 3.60. The number of nitrogens with one attached hydrogen (secondary N) is 1. The molecule has 3 heterocycles. The van der Waals surface area contributed by atoms with Gasteiger partial charge in [-0.25, -0.2) is 0 Å². The third-order valence-corrected chi connectivity index (χ3v) is 4.44. The van der Waals surface area contributed by atoms with Crippen molar-refractivity contribution in [2.75, 3.05) is 6.61 Å². The number of furan rings is 1. The maximum Gasteiger partial charge on any atom is 0.244 e. The standard InChI is InChI=1S/C20H18N4O3/c1-3-25-13-7-5-12(6-8-13)18-17-16(15-9-4-11(2)26-15)14(10-21)19(22)27-20(17)24-23-18/h4-9,16H,3,22H2,1-2H3,(H,23,24)/t16-/m0/s1. The van der Waals surface area contributed by atoms with E-state index in [1.165, 1.54) is 0 Å². The summed E-state index contributed by atoms with van der Waals surface area (Å²) >= 11 is 0. The van der Waals surface area contributed by atoms with Gasteiger partial charge in [0.2, 0.25) is 11.8 Å². The van der Waals surface area contributed by atoms with E-state index in [0.717, 1.165) is 28.3 Å². The largest absolute Gasteiger partial charge is 0.494 e. The van der Waals surface area contributed by atoms with Crippen LogP contribution in [0, 0.1) is 18.3 Å². The minimum absolute atomic E-state index is 0.0359. The van der Waals surface area contributed by atoms with E-state index < -0.39 is 5.92 Å². The summed E-state index contributed by atoms with van der Waals surface area (Å²) in [5.74, 6) is 2.03. The molecule has 136 valence electrons. The second kappa shape index (κ2) is 6.57. The number of hydrogen-bond donors (Lipinski definition) is 2. The Bertz CT molecular complexity index is 1050. The Morgan fingerprint density at radius 3 is 2.67 bits per heavy atom. The highest BCUT2D eigenvalue weighted by Crippen LogP contribution is 2.46. The lowest BCUT2D eigenvalue weighted by Gasteiger charge is -2.22. The van der Waals surface area contributed by atoms with Crippen LogP contribution < -0.4 is 15.2 Å². The van der Waals surface area contributed by atoms with E-state index in [4.69, 9.17) is 19.6 Å². The highest BCUT2D eigenvalue weighted by Gasteiger charge is 2.37. The number of nitrogens with zero attached hydrogens (tertiary/aromatic N) is 2. The molecular weight excluding hydrogens is 344 g/mol. The number of rotatable bonds is 4. The SMILES string of the molecule is CCOc1ccc(-c2[nH]nc3c2[C@H](c2ccc(C)o2)C(C#N)=C(N)O3)cc1. The third-order valence-electron chi connectivity index (χ3n) is 4.44. The summed E-state index contributed by atoms with van der Waals surface area (Å²) in [6.07, 6.45) is 0. The quantitative estimate of drug-likeness (QED) is 0.734. The fraction of sp³-hybridized carbons (Fsp3) is 0.200. The van der Waals surface area contributed by atoms with Gasteiger partial charge < -0.3 is 19.6 Å². The molecule has 0 spiro atoms.